The molecule has 19 heavy (non-hydrogen) atoms. The van der Waals surface area contributed by atoms with Crippen LogP contribution in [0.25, 0.3) is 0 Å². The molecule has 0 heterocycles. The van der Waals surface area contributed by atoms with Crippen LogP contribution in [-0.4, -0.2) is 0 Å². The lowest BCUT2D eigenvalue weighted by atomic mass is 9.75. The van der Waals surface area contributed by atoms with E-state index in [1.54, 1.807) is 0 Å². The van der Waals surface area contributed by atoms with E-state index in [-0.39, 0.29) is 0 Å². The van der Waals surface area contributed by atoms with E-state index in [0.29, 0.717) is 5.41 Å². The third-order valence-corrected chi connectivity index (χ3v) is 5.51. The highest BCUT2D eigenvalue weighted by Gasteiger charge is 2.56. The summed E-state index contributed by atoms with van der Waals surface area (Å²) in [6.45, 7) is 4.74. The molecule has 3 atom stereocenters. The first-order valence-electron chi connectivity index (χ1n) is 7.62. The van der Waals surface area contributed by atoms with Crippen molar-refractivity contribution >= 4 is 0 Å². The van der Waals surface area contributed by atoms with Crippen molar-refractivity contribution in [3.63, 3.8) is 0 Å². The van der Waals surface area contributed by atoms with E-state index in [1.807, 2.05) is 12.1 Å². The fourth-order valence-electron chi connectivity index (χ4n) is 4.10. The number of nitriles is 1. The quantitative estimate of drug-likeness (QED) is 0.774. The van der Waals surface area contributed by atoms with Crippen molar-refractivity contribution in [3.05, 3.63) is 35.4 Å². The van der Waals surface area contributed by atoms with Gasteiger partial charge in [0.05, 0.1) is 11.6 Å². The Balaban J connectivity index is 1.68. The lowest BCUT2D eigenvalue weighted by Crippen LogP contribution is -2.21. The Morgan fingerprint density at radius 3 is 2.95 bits per heavy atom. The molecule has 0 aliphatic heterocycles. The van der Waals surface area contributed by atoms with E-state index in [2.05, 4.69) is 32.0 Å². The zero-order chi connectivity index (χ0) is 13.5. The molecule has 1 heteroatoms. The molecule has 3 rings (SSSR count). The average molecular weight is 253 g/mol. The molecule has 2 aliphatic rings. The van der Waals surface area contributed by atoms with Crippen LogP contribution in [-0.2, 0) is 6.42 Å². The minimum absolute atomic E-state index is 0.597. The van der Waals surface area contributed by atoms with E-state index in [9.17, 15) is 0 Å². The second kappa shape index (κ2) is 4.67. The predicted molar refractivity (Wildman–Crippen MR) is 77.6 cm³/mol. The van der Waals surface area contributed by atoms with Gasteiger partial charge in [0.15, 0.2) is 0 Å². The van der Waals surface area contributed by atoms with Crippen LogP contribution in [0.2, 0.25) is 0 Å². The van der Waals surface area contributed by atoms with Gasteiger partial charge in [0.1, 0.15) is 0 Å². The van der Waals surface area contributed by atoms with Gasteiger partial charge in [-0.05, 0) is 73.0 Å². The molecule has 1 aromatic rings. The SMILES string of the molecule is CC(C)C1CC[C@]2(Cc3cccc(C#N)c3)CC2C1. The first kappa shape index (κ1) is 12.7. The molecule has 0 N–H and O–H groups in total. The molecule has 0 aromatic heterocycles. The number of nitrogens with zero attached hydrogens (tertiary/aromatic N) is 1. The van der Waals surface area contributed by atoms with E-state index in [1.165, 1.54) is 37.7 Å². The highest BCUT2D eigenvalue weighted by molar-refractivity contribution is 5.34. The van der Waals surface area contributed by atoms with Gasteiger partial charge in [0.2, 0.25) is 0 Å². The van der Waals surface area contributed by atoms with Gasteiger partial charge in [0.25, 0.3) is 0 Å². The molecule has 100 valence electrons. The van der Waals surface area contributed by atoms with Crippen molar-refractivity contribution in [2.24, 2.45) is 23.2 Å². The smallest absolute Gasteiger partial charge is 0.0991 e. The molecule has 1 nitrogen and oxygen atoms in total. The Bertz CT molecular complexity index is 511. The standard InChI is InChI=1S/C18H23N/c1-13(2)16-6-7-18(11-17(18)9-16)10-14-4-3-5-15(8-14)12-19/h3-5,8,13,16-17H,6-7,9-11H2,1-2H3/t16?,17?,18-/m0/s1. The minimum Gasteiger partial charge on any atom is -0.192 e. The van der Waals surface area contributed by atoms with Gasteiger partial charge in [-0.25, -0.2) is 0 Å². The second-order valence-corrected chi connectivity index (χ2v) is 7.03. The van der Waals surface area contributed by atoms with Crippen LogP contribution in [0.4, 0.5) is 0 Å². The normalized spacial score (nSPS) is 32.7. The van der Waals surface area contributed by atoms with Crippen molar-refractivity contribution < 1.29 is 0 Å². The van der Waals surface area contributed by atoms with Gasteiger partial charge in [0, 0.05) is 0 Å². The summed E-state index contributed by atoms with van der Waals surface area (Å²) in [5, 5.41) is 8.99. The Morgan fingerprint density at radius 1 is 1.42 bits per heavy atom. The molecular formula is C18H23N. The Morgan fingerprint density at radius 2 is 2.26 bits per heavy atom. The topological polar surface area (TPSA) is 23.8 Å². The van der Waals surface area contributed by atoms with Gasteiger partial charge in [-0.2, -0.15) is 5.26 Å². The third kappa shape index (κ3) is 2.41. The molecule has 1 aromatic carbocycles. The van der Waals surface area contributed by atoms with E-state index < -0.39 is 0 Å². The van der Waals surface area contributed by atoms with Gasteiger partial charge >= 0.3 is 0 Å². The fraction of sp³-hybridized carbons (Fsp3) is 0.611. The number of hydrogen-bond donors (Lipinski definition) is 0. The molecule has 0 radical (unpaired) electrons. The maximum atomic E-state index is 8.99. The van der Waals surface area contributed by atoms with Gasteiger partial charge in [-0.3, -0.25) is 0 Å². The van der Waals surface area contributed by atoms with E-state index in [4.69, 9.17) is 5.26 Å². The Kier molecular flexibility index (Phi) is 3.13. The molecule has 2 saturated carbocycles. The van der Waals surface area contributed by atoms with Gasteiger partial charge in [-0.15, -0.1) is 0 Å². The number of rotatable bonds is 3. The summed E-state index contributed by atoms with van der Waals surface area (Å²) in [6.07, 6.45) is 6.87. The van der Waals surface area contributed by atoms with Crippen LogP contribution < -0.4 is 0 Å². The summed E-state index contributed by atoms with van der Waals surface area (Å²) in [4.78, 5) is 0. The molecule has 0 saturated heterocycles. The third-order valence-electron chi connectivity index (χ3n) is 5.51. The maximum absolute atomic E-state index is 8.99. The second-order valence-electron chi connectivity index (χ2n) is 7.03. The zero-order valence-electron chi connectivity index (χ0n) is 12.0. The van der Waals surface area contributed by atoms with Crippen molar-refractivity contribution in [1.29, 1.82) is 5.26 Å². The Labute approximate surface area is 116 Å². The van der Waals surface area contributed by atoms with Crippen LogP contribution >= 0.6 is 0 Å². The zero-order valence-corrected chi connectivity index (χ0v) is 12.0. The monoisotopic (exact) mass is 253 g/mol. The summed E-state index contributed by atoms with van der Waals surface area (Å²) in [6, 6.07) is 10.5. The number of hydrogen-bond acceptors (Lipinski definition) is 1. The maximum Gasteiger partial charge on any atom is 0.0991 e. The van der Waals surface area contributed by atoms with Crippen molar-refractivity contribution in [3.8, 4) is 6.07 Å². The Hall–Kier alpha value is -1.29. The number of benzene rings is 1. The lowest BCUT2D eigenvalue weighted by Gasteiger charge is -2.30. The number of fused-ring (bicyclic) bond motifs is 1. The average Bonchev–Trinajstić information content (AvgIpc) is 3.11. The molecule has 2 aliphatic carbocycles. The molecule has 2 fully saturated rings. The van der Waals surface area contributed by atoms with Crippen LogP contribution in [0.1, 0.15) is 50.7 Å². The van der Waals surface area contributed by atoms with Crippen molar-refractivity contribution in [2.45, 2.75) is 46.0 Å². The molecule has 0 bridgehead atoms. The molecule has 0 amide bonds. The highest BCUT2D eigenvalue weighted by atomic mass is 14.6. The summed E-state index contributed by atoms with van der Waals surface area (Å²) in [5.74, 6) is 2.76. The first-order valence-corrected chi connectivity index (χ1v) is 7.62. The molecule has 0 spiro atoms. The largest absolute Gasteiger partial charge is 0.192 e. The van der Waals surface area contributed by atoms with Crippen LogP contribution in [0.5, 0.6) is 0 Å². The first-order chi connectivity index (χ1) is 9.13. The summed E-state index contributed by atoms with van der Waals surface area (Å²) >= 11 is 0. The van der Waals surface area contributed by atoms with Crippen LogP contribution in [0, 0.1) is 34.5 Å². The summed E-state index contributed by atoms with van der Waals surface area (Å²) in [7, 11) is 0. The van der Waals surface area contributed by atoms with Gasteiger partial charge < -0.3 is 0 Å². The minimum atomic E-state index is 0.597. The molecular weight excluding hydrogens is 230 g/mol. The predicted octanol–water partition coefficient (Wildman–Crippen LogP) is 4.56. The summed E-state index contributed by atoms with van der Waals surface area (Å²) in [5.41, 5.74) is 2.77. The van der Waals surface area contributed by atoms with Crippen molar-refractivity contribution in [2.75, 3.05) is 0 Å². The van der Waals surface area contributed by atoms with Crippen molar-refractivity contribution in [1.82, 2.24) is 0 Å². The van der Waals surface area contributed by atoms with Crippen LogP contribution in [0.3, 0.4) is 0 Å². The van der Waals surface area contributed by atoms with Crippen LogP contribution in [0.15, 0.2) is 24.3 Å². The lowest BCUT2D eigenvalue weighted by molar-refractivity contribution is 0.214. The van der Waals surface area contributed by atoms with E-state index in [0.717, 1.165) is 23.3 Å². The summed E-state index contributed by atoms with van der Waals surface area (Å²) < 4.78 is 0. The van der Waals surface area contributed by atoms with E-state index >= 15 is 0 Å². The fourth-order valence-corrected chi connectivity index (χ4v) is 4.10. The van der Waals surface area contributed by atoms with Gasteiger partial charge in [-0.1, -0.05) is 26.0 Å². The highest BCUT2D eigenvalue weighted by Crippen LogP contribution is 2.64. The molecule has 2 unspecified atom stereocenters.